The first kappa shape index (κ1) is 19.7. The largest absolute Gasteiger partial charge is 0.444 e. The van der Waals surface area contributed by atoms with Gasteiger partial charge >= 0.3 is 6.09 Å². The Morgan fingerprint density at radius 1 is 1.24 bits per heavy atom. The number of hydrogen-bond acceptors (Lipinski definition) is 5. The van der Waals surface area contributed by atoms with Crippen LogP contribution in [0, 0.1) is 12.8 Å². The van der Waals surface area contributed by atoms with E-state index in [1.807, 2.05) is 27.7 Å². The maximum Gasteiger partial charge on any atom is 0.410 e. The fourth-order valence-corrected chi connectivity index (χ4v) is 3.58. The number of ether oxygens (including phenoxy) is 1. The minimum Gasteiger partial charge on any atom is -0.444 e. The topological polar surface area (TPSA) is 72.9 Å². The molecule has 1 atom stereocenters. The summed E-state index contributed by atoms with van der Waals surface area (Å²) in [5.74, 6) is 0.223. The highest BCUT2D eigenvalue weighted by Crippen LogP contribution is 2.23. The number of carbonyl (C=O) groups is 1. The van der Waals surface area contributed by atoms with E-state index in [-0.39, 0.29) is 23.5 Å². The van der Waals surface area contributed by atoms with Gasteiger partial charge in [-0.2, -0.15) is 8.42 Å². The van der Waals surface area contributed by atoms with Crippen molar-refractivity contribution in [2.45, 2.75) is 51.0 Å². The lowest BCUT2D eigenvalue weighted by atomic mass is 10.1. The molecule has 1 amide bonds. The Labute approximate surface area is 150 Å². The van der Waals surface area contributed by atoms with Crippen molar-refractivity contribution in [3.8, 4) is 0 Å². The average molecular weight is 369 g/mol. The van der Waals surface area contributed by atoms with Gasteiger partial charge in [0.1, 0.15) is 5.60 Å². The van der Waals surface area contributed by atoms with Crippen molar-refractivity contribution in [1.29, 1.82) is 0 Å². The van der Waals surface area contributed by atoms with Crippen molar-refractivity contribution in [2.24, 2.45) is 5.92 Å². The molecule has 0 unspecified atom stereocenters. The van der Waals surface area contributed by atoms with Gasteiger partial charge in [0.25, 0.3) is 10.1 Å². The molecule has 0 N–H and O–H groups in total. The highest BCUT2D eigenvalue weighted by Gasteiger charge is 2.29. The molecule has 6 nitrogen and oxygen atoms in total. The van der Waals surface area contributed by atoms with Crippen LogP contribution < -0.4 is 0 Å². The van der Waals surface area contributed by atoms with Crippen LogP contribution in [0.15, 0.2) is 29.2 Å². The van der Waals surface area contributed by atoms with Crippen molar-refractivity contribution in [3.05, 3.63) is 29.8 Å². The van der Waals surface area contributed by atoms with Crippen LogP contribution in [0.1, 0.15) is 39.2 Å². The standard InChI is InChI=1S/C18H27NO5S/c1-14-5-7-16(8-6-14)25(21,22)23-12-10-15-9-11-19(13-15)17(20)24-18(2,3)4/h5-8,15H,9-13H2,1-4H3/t15-/m0/s1. The molecule has 0 bridgehead atoms. The minimum absolute atomic E-state index is 0.114. The first-order valence-electron chi connectivity index (χ1n) is 8.51. The zero-order chi connectivity index (χ0) is 18.7. The summed E-state index contributed by atoms with van der Waals surface area (Å²) >= 11 is 0. The lowest BCUT2D eigenvalue weighted by Crippen LogP contribution is -2.35. The Morgan fingerprint density at radius 2 is 1.88 bits per heavy atom. The Morgan fingerprint density at radius 3 is 2.48 bits per heavy atom. The van der Waals surface area contributed by atoms with Gasteiger partial charge in [-0.05, 0) is 58.6 Å². The third-order valence-corrected chi connectivity index (χ3v) is 5.34. The molecule has 7 heteroatoms. The summed E-state index contributed by atoms with van der Waals surface area (Å²) in [4.78, 5) is 13.9. The van der Waals surface area contributed by atoms with Crippen LogP contribution in [-0.2, 0) is 19.0 Å². The molecule has 0 radical (unpaired) electrons. The Balaban J connectivity index is 1.79. The lowest BCUT2D eigenvalue weighted by molar-refractivity contribution is 0.0286. The van der Waals surface area contributed by atoms with Crippen LogP contribution >= 0.6 is 0 Å². The van der Waals surface area contributed by atoms with Crippen LogP contribution in [-0.4, -0.2) is 44.7 Å². The Kier molecular flexibility index (Phi) is 6.11. The molecule has 1 heterocycles. The van der Waals surface area contributed by atoms with E-state index < -0.39 is 15.7 Å². The van der Waals surface area contributed by atoms with E-state index in [2.05, 4.69) is 0 Å². The molecule has 0 aromatic heterocycles. The van der Waals surface area contributed by atoms with Gasteiger partial charge in [0, 0.05) is 13.1 Å². The summed E-state index contributed by atoms with van der Waals surface area (Å²) in [5.41, 5.74) is 0.479. The van der Waals surface area contributed by atoms with Crippen molar-refractivity contribution in [2.75, 3.05) is 19.7 Å². The molecule has 1 aromatic rings. The molecule has 25 heavy (non-hydrogen) atoms. The quantitative estimate of drug-likeness (QED) is 0.744. The molecule has 140 valence electrons. The van der Waals surface area contributed by atoms with Crippen molar-refractivity contribution < 1.29 is 22.1 Å². The van der Waals surface area contributed by atoms with E-state index in [0.29, 0.717) is 19.5 Å². The number of carbonyl (C=O) groups excluding carboxylic acids is 1. The fraction of sp³-hybridized carbons (Fsp3) is 0.611. The fourth-order valence-electron chi connectivity index (χ4n) is 2.66. The maximum absolute atomic E-state index is 12.1. The van der Waals surface area contributed by atoms with Gasteiger partial charge in [-0.25, -0.2) is 4.79 Å². The first-order valence-corrected chi connectivity index (χ1v) is 9.92. The minimum atomic E-state index is -3.73. The molecule has 1 aliphatic rings. The SMILES string of the molecule is Cc1ccc(S(=O)(=O)OCC[C@@H]2CCN(C(=O)OC(C)(C)C)C2)cc1. The summed E-state index contributed by atoms with van der Waals surface area (Å²) in [7, 11) is -3.73. The van der Waals surface area contributed by atoms with E-state index in [1.54, 1.807) is 29.2 Å². The smallest absolute Gasteiger partial charge is 0.410 e. The number of rotatable bonds is 5. The van der Waals surface area contributed by atoms with Gasteiger partial charge in [-0.1, -0.05) is 17.7 Å². The number of amides is 1. The molecule has 0 saturated carbocycles. The van der Waals surface area contributed by atoms with Crippen LogP contribution in [0.25, 0.3) is 0 Å². The average Bonchev–Trinajstić information content (AvgIpc) is 2.95. The van der Waals surface area contributed by atoms with E-state index in [0.717, 1.165) is 12.0 Å². The molecular weight excluding hydrogens is 342 g/mol. The number of aryl methyl sites for hydroxylation is 1. The van der Waals surface area contributed by atoms with E-state index in [4.69, 9.17) is 8.92 Å². The van der Waals surface area contributed by atoms with E-state index in [9.17, 15) is 13.2 Å². The van der Waals surface area contributed by atoms with Gasteiger partial charge < -0.3 is 9.64 Å². The van der Waals surface area contributed by atoms with Gasteiger partial charge in [0.2, 0.25) is 0 Å². The number of hydrogen-bond donors (Lipinski definition) is 0. The molecular formula is C18H27NO5S. The highest BCUT2D eigenvalue weighted by molar-refractivity contribution is 7.86. The second kappa shape index (κ2) is 7.74. The summed E-state index contributed by atoms with van der Waals surface area (Å²) in [5, 5.41) is 0. The third-order valence-electron chi connectivity index (χ3n) is 4.01. The van der Waals surface area contributed by atoms with Crippen LogP contribution in [0.2, 0.25) is 0 Å². The Bertz CT molecular complexity index is 691. The number of nitrogens with zero attached hydrogens (tertiary/aromatic N) is 1. The lowest BCUT2D eigenvalue weighted by Gasteiger charge is -2.24. The van der Waals surface area contributed by atoms with E-state index in [1.165, 1.54) is 0 Å². The van der Waals surface area contributed by atoms with E-state index >= 15 is 0 Å². The zero-order valence-electron chi connectivity index (χ0n) is 15.3. The summed E-state index contributed by atoms with van der Waals surface area (Å²) in [6.07, 6.45) is 1.10. The molecule has 0 spiro atoms. The number of likely N-dealkylation sites (tertiary alicyclic amines) is 1. The van der Waals surface area contributed by atoms with Gasteiger partial charge in [-0.15, -0.1) is 0 Å². The molecule has 1 aliphatic heterocycles. The number of benzene rings is 1. The predicted molar refractivity (Wildman–Crippen MR) is 94.8 cm³/mol. The van der Waals surface area contributed by atoms with Crippen LogP contribution in [0.5, 0.6) is 0 Å². The zero-order valence-corrected chi connectivity index (χ0v) is 16.1. The monoisotopic (exact) mass is 369 g/mol. The predicted octanol–water partition coefficient (Wildman–Crippen LogP) is 3.35. The van der Waals surface area contributed by atoms with Crippen molar-refractivity contribution >= 4 is 16.2 Å². The van der Waals surface area contributed by atoms with Crippen molar-refractivity contribution in [3.63, 3.8) is 0 Å². The second-order valence-electron chi connectivity index (χ2n) is 7.46. The van der Waals surface area contributed by atoms with Gasteiger partial charge in [0.15, 0.2) is 0 Å². The first-order chi connectivity index (χ1) is 11.6. The van der Waals surface area contributed by atoms with Crippen LogP contribution in [0.3, 0.4) is 0 Å². The normalized spacial score (nSPS) is 18.4. The van der Waals surface area contributed by atoms with Gasteiger partial charge in [0.05, 0.1) is 11.5 Å². The third kappa shape index (κ3) is 6.01. The van der Waals surface area contributed by atoms with Crippen molar-refractivity contribution in [1.82, 2.24) is 4.90 Å². The second-order valence-corrected chi connectivity index (χ2v) is 9.07. The van der Waals surface area contributed by atoms with Gasteiger partial charge in [-0.3, -0.25) is 4.18 Å². The van der Waals surface area contributed by atoms with Crippen LogP contribution in [0.4, 0.5) is 4.79 Å². The molecule has 1 saturated heterocycles. The summed E-state index contributed by atoms with van der Waals surface area (Å²) < 4.78 is 34.8. The Hall–Kier alpha value is -1.60. The molecule has 1 fully saturated rings. The molecule has 1 aromatic carbocycles. The molecule has 2 rings (SSSR count). The summed E-state index contributed by atoms with van der Waals surface area (Å²) in [6.45, 7) is 8.72. The summed E-state index contributed by atoms with van der Waals surface area (Å²) in [6, 6.07) is 6.58. The highest BCUT2D eigenvalue weighted by atomic mass is 32.2. The molecule has 0 aliphatic carbocycles. The maximum atomic E-state index is 12.1.